The largest absolute Gasteiger partial charge is 0.370 e. The van der Waals surface area contributed by atoms with Crippen molar-refractivity contribution >= 4 is 28.5 Å². The van der Waals surface area contributed by atoms with Crippen LogP contribution < -0.4 is 5.32 Å². The van der Waals surface area contributed by atoms with Crippen molar-refractivity contribution in [2.45, 2.75) is 19.0 Å². The Hall–Kier alpha value is -1.73. The first-order valence-corrected chi connectivity index (χ1v) is 6.86. The molecule has 0 bridgehead atoms. The van der Waals surface area contributed by atoms with E-state index in [1.807, 2.05) is 31.2 Å². The Morgan fingerprint density at radius 3 is 2.89 bits per heavy atom. The molecule has 0 aliphatic carbocycles. The summed E-state index contributed by atoms with van der Waals surface area (Å²) in [4.78, 5) is 9.07. The van der Waals surface area contributed by atoms with Crippen LogP contribution in [-0.4, -0.2) is 22.3 Å². The van der Waals surface area contributed by atoms with Gasteiger partial charge in [0, 0.05) is 11.9 Å². The summed E-state index contributed by atoms with van der Waals surface area (Å²) < 4.78 is 0. The van der Waals surface area contributed by atoms with E-state index in [1.54, 1.807) is 11.8 Å². The minimum Gasteiger partial charge on any atom is -0.370 e. The average molecular weight is 257 g/mol. The van der Waals surface area contributed by atoms with Crippen molar-refractivity contribution in [3.63, 3.8) is 0 Å². The van der Waals surface area contributed by atoms with Gasteiger partial charge in [-0.15, -0.1) is 5.92 Å². The van der Waals surface area contributed by atoms with Gasteiger partial charge in [0.25, 0.3) is 0 Å². The van der Waals surface area contributed by atoms with Crippen LogP contribution in [0.15, 0.2) is 29.4 Å². The molecular weight excluding hydrogens is 242 g/mol. The quantitative estimate of drug-likeness (QED) is 0.518. The Morgan fingerprint density at radius 2 is 2.11 bits per heavy atom. The number of anilines is 1. The molecule has 1 aromatic heterocycles. The minimum absolute atomic E-state index is 0.723. The number of nitrogens with zero attached hydrogens (tertiary/aromatic N) is 2. The smallest absolute Gasteiger partial charge is 0.191 e. The molecule has 0 aliphatic heterocycles. The van der Waals surface area contributed by atoms with E-state index >= 15 is 0 Å². The molecule has 0 amide bonds. The number of nitrogens with one attached hydrogen (secondary N) is 1. The van der Waals surface area contributed by atoms with Gasteiger partial charge >= 0.3 is 0 Å². The number of thioether (sulfide) groups is 1. The molecule has 2 rings (SSSR count). The van der Waals surface area contributed by atoms with Crippen molar-refractivity contribution in [1.29, 1.82) is 0 Å². The highest BCUT2D eigenvalue weighted by molar-refractivity contribution is 7.99. The highest BCUT2D eigenvalue weighted by Crippen LogP contribution is 2.23. The van der Waals surface area contributed by atoms with Gasteiger partial charge in [0.05, 0.1) is 11.3 Å². The van der Waals surface area contributed by atoms with Crippen molar-refractivity contribution in [3.8, 4) is 11.8 Å². The number of rotatable bonds is 4. The van der Waals surface area contributed by atoms with Crippen molar-refractivity contribution in [2.75, 3.05) is 17.6 Å². The number of hydrogen-bond acceptors (Lipinski definition) is 4. The van der Waals surface area contributed by atoms with Crippen molar-refractivity contribution in [3.05, 3.63) is 24.3 Å². The maximum absolute atomic E-state index is 4.54. The van der Waals surface area contributed by atoms with Gasteiger partial charge in [-0.1, -0.05) is 29.8 Å². The summed E-state index contributed by atoms with van der Waals surface area (Å²) in [5, 5.41) is 5.11. The van der Waals surface area contributed by atoms with E-state index in [-0.39, 0.29) is 0 Å². The number of para-hydroxylation sites is 1. The molecule has 0 fully saturated rings. The Morgan fingerprint density at radius 1 is 1.28 bits per heavy atom. The summed E-state index contributed by atoms with van der Waals surface area (Å²) in [6.07, 6.45) is 0. The predicted molar refractivity (Wildman–Crippen MR) is 77.9 cm³/mol. The third-order valence-corrected chi connectivity index (χ3v) is 3.11. The summed E-state index contributed by atoms with van der Waals surface area (Å²) in [6.45, 7) is 4.75. The number of aromatic nitrogens is 2. The molecular formula is C14H15N3S. The summed E-state index contributed by atoms with van der Waals surface area (Å²) in [5.74, 6) is 7.50. The third kappa shape index (κ3) is 2.93. The maximum atomic E-state index is 4.54. The Kier molecular flexibility index (Phi) is 4.43. The van der Waals surface area contributed by atoms with E-state index in [4.69, 9.17) is 0 Å². The van der Waals surface area contributed by atoms with Crippen LogP contribution in [-0.2, 0) is 0 Å². The molecule has 0 saturated heterocycles. The van der Waals surface area contributed by atoms with Crippen LogP contribution in [0.5, 0.6) is 0 Å². The highest BCUT2D eigenvalue weighted by atomic mass is 32.2. The summed E-state index contributed by atoms with van der Waals surface area (Å²) in [7, 11) is 0. The molecule has 0 unspecified atom stereocenters. The lowest BCUT2D eigenvalue weighted by Gasteiger charge is -2.08. The molecule has 0 atom stereocenters. The summed E-state index contributed by atoms with van der Waals surface area (Å²) in [6, 6.07) is 8.04. The molecule has 4 heteroatoms. The van der Waals surface area contributed by atoms with Crippen LogP contribution in [0.4, 0.5) is 5.82 Å². The monoisotopic (exact) mass is 257 g/mol. The average Bonchev–Trinajstić information content (AvgIpc) is 2.39. The van der Waals surface area contributed by atoms with E-state index in [2.05, 4.69) is 34.0 Å². The highest BCUT2D eigenvalue weighted by Gasteiger charge is 2.06. The van der Waals surface area contributed by atoms with Crippen LogP contribution in [0.1, 0.15) is 13.8 Å². The van der Waals surface area contributed by atoms with E-state index in [0.717, 1.165) is 34.2 Å². The second-order valence-corrected chi connectivity index (χ2v) is 4.56. The third-order valence-electron chi connectivity index (χ3n) is 2.38. The first-order valence-electron chi connectivity index (χ1n) is 5.88. The molecule has 1 N–H and O–H groups in total. The van der Waals surface area contributed by atoms with E-state index in [0.29, 0.717) is 0 Å². The van der Waals surface area contributed by atoms with E-state index in [1.165, 1.54) is 0 Å². The maximum Gasteiger partial charge on any atom is 0.191 e. The van der Waals surface area contributed by atoms with Gasteiger partial charge in [-0.25, -0.2) is 9.97 Å². The first kappa shape index (κ1) is 12.7. The lowest BCUT2D eigenvalue weighted by molar-refractivity contribution is 0.995. The van der Waals surface area contributed by atoms with Crippen molar-refractivity contribution < 1.29 is 0 Å². The Balaban J connectivity index is 2.39. The summed E-state index contributed by atoms with van der Waals surface area (Å²) >= 11 is 1.56. The van der Waals surface area contributed by atoms with Crippen molar-refractivity contribution in [1.82, 2.24) is 9.97 Å². The Bertz CT molecular complexity index is 599. The van der Waals surface area contributed by atoms with E-state index in [9.17, 15) is 0 Å². The molecule has 3 nitrogen and oxygen atoms in total. The fourth-order valence-corrected chi connectivity index (χ4v) is 2.26. The number of hydrogen-bond donors (Lipinski definition) is 1. The van der Waals surface area contributed by atoms with Gasteiger partial charge in [-0.3, -0.25) is 0 Å². The topological polar surface area (TPSA) is 37.8 Å². The van der Waals surface area contributed by atoms with Crippen LogP contribution in [0.25, 0.3) is 10.9 Å². The van der Waals surface area contributed by atoms with Crippen LogP contribution in [0.2, 0.25) is 0 Å². The normalized spacial score (nSPS) is 9.89. The first-order chi connectivity index (χ1) is 8.85. The van der Waals surface area contributed by atoms with Gasteiger partial charge in [-0.2, -0.15) is 0 Å². The van der Waals surface area contributed by atoms with E-state index < -0.39 is 0 Å². The zero-order chi connectivity index (χ0) is 12.8. The molecule has 92 valence electrons. The molecule has 0 aliphatic rings. The molecule has 0 saturated carbocycles. The zero-order valence-electron chi connectivity index (χ0n) is 10.5. The number of fused-ring (bicyclic) bond motifs is 1. The lowest BCUT2D eigenvalue weighted by Crippen LogP contribution is -2.02. The molecule has 0 spiro atoms. The second kappa shape index (κ2) is 6.27. The number of benzene rings is 1. The van der Waals surface area contributed by atoms with Crippen LogP contribution in [0, 0.1) is 11.8 Å². The van der Waals surface area contributed by atoms with Crippen LogP contribution >= 0.6 is 11.8 Å². The minimum atomic E-state index is 0.723. The van der Waals surface area contributed by atoms with Gasteiger partial charge in [-0.05, 0) is 26.0 Å². The molecule has 18 heavy (non-hydrogen) atoms. The fourth-order valence-electron chi connectivity index (χ4n) is 1.59. The SMILES string of the molecule is CC#CCSc1nc(NCC)c2ccccc2n1. The van der Waals surface area contributed by atoms with Gasteiger partial charge in [0.1, 0.15) is 5.82 Å². The molecule has 1 aromatic carbocycles. The molecule has 1 heterocycles. The second-order valence-electron chi connectivity index (χ2n) is 3.62. The zero-order valence-corrected chi connectivity index (χ0v) is 11.3. The summed E-state index contributed by atoms with van der Waals surface area (Å²) in [5.41, 5.74) is 0.968. The predicted octanol–water partition coefficient (Wildman–Crippen LogP) is 3.18. The van der Waals surface area contributed by atoms with Gasteiger partial charge < -0.3 is 5.32 Å². The lowest BCUT2D eigenvalue weighted by atomic mass is 10.2. The van der Waals surface area contributed by atoms with Gasteiger partial charge in [0.2, 0.25) is 0 Å². The van der Waals surface area contributed by atoms with Crippen molar-refractivity contribution in [2.24, 2.45) is 0 Å². The van der Waals surface area contributed by atoms with Gasteiger partial charge in [0.15, 0.2) is 5.16 Å². The molecule has 0 radical (unpaired) electrons. The van der Waals surface area contributed by atoms with Crippen LogP contribution in [0.3, 0.4) is 0 Å². The Labute approximate surface area is 111 Å². The molecule has 2 aromatic rings. The fraction of sp³-hybridized carbons (Fsp3) is 0.286. The standard InChI is InChI=1S/C14H15N3S/c1-3-5-10-18-14-16-12-9-7-6-8-11(12)13(17-14)15-4-2/h6-9H,4,10H2,1-2H3,(H,15,16,17).